The first-order valence-electron chi connectivity index (χ1n) is 25.2. The summed E-state index contributed by atoms with van der Waals surface area (Å²) in [4.78, 5) is 0. The van der Waals surface area contributed by atoms with Gasteiger partial charge in [0.15, 0.2) is 0 Å². The molecule has 0 aliphatic carbocycles. The Kier molecular flexibility index (Phi) is 9.40. The number of hydrogen-bond donors (Lipinski definition) is 0. The minimum atomic E-state index is -0.142. The summed E-state index contributed by atoms with van der Waals surface area (Å²) in [6.07, 6.45) is 0. The van der Waals surface area contributed by atoms with E-state index < -0.39 is 0 Å². The minimum absolute atomic E-state index is 0.142. The maximum Gasteiger partial charge on any atom is 0.260 e. The third kappa shape index (κ3) is 6.45. The second kappa shape index (κ2) is 16.6. The van der Waals surface area contributed by atoms with E-state index >= 15 is 0 Å². The van der Waals surface area contributed by atoms with Crippen LogP contribution in [0, 0.1) is 0 Å². The summed E-state index contributed by atoms with van der Waals surface area (Å²) >= 11 is 0. The van der Waals surface area contributed by atoms with E-state index in [9.17, 15) is 0 Å². The van der Waals surface area contributed by atoms with Gasteiger partial charge in [-0.3, -0.25) is 0 Å². The highest BCUT2D eigenvalue weighted by Crippen LogP contribution is 2.49. The van der Waals surface area contributed by atoms with Crippen molar-refractivity contribution in [3.63, 3.8) is 0 Å². The molecule has 0 atom stereocenters. The number of rotatable bonds is 6. The van der Waals surface area contributed by atoms with Crippen molar-refractivity contribution < 1.29 is 9.47 Å². The zero-order valence-corrected chi connectivity index (χ0v) is 39.7. The van der Waals surface area contributed by atoms with Gasteiger partial charge in [0.25, 0.3) is 6.71 Å². The van der Waals surface area contributed by atoms with Crippen molar-refractivity contribution in [1.29, 1.82) is 0 Å². The van der Waals surface area contributed by atoms with Crippen molar-refractivity contribution >= 4 is 66.2 Å². The third-order valence-corrected chi connectivity index (χ3v) is 15.4. The lowest BCUT2D eigenvalue weighted by Gasteiger charge is -2.33. The van der Waals surface area contributed by atoms with Crippen LogP contribution in [0.15, 0.2) is 261 Å². The third-order valence-electron chi connectivity index (χ3n) is 15.4. The van der Waals surface area contributed by atoms with E-state index in [1.54, 1.807) is 0 Å². The van der Waals surface area contributed by atoms with E-state index in [0.717, 1.165) is 50.5 Å². The van der Waals surface area contributed by atoms with Crippen LogP contribution in [0.4, 0.5) is 0 Å². The molecular formula is C70H43BO2. The molecule has 0 unspecified atom stereocenters. The van der Waals surface area contributed by atoms with Gasteiger partial charge in [-0.15, -0.1) is 0 Å². The lowest BCUT2D eigenvalue weighted by molar-refractivity contribution is 0.464. The molecule has 2 aliphatic rings. The van der Waals surface area contributed by atoms with E-state index in [-0.39, 0.29) is 6.71 Å². The summed E-state index contributed by atoms with van der Waals surface area (Å²) in [7, 11) is 0. The molecule has 0 bridgehead atoms. The fourth-order valence-electron chi connectivity index (χ4n) is 12.3. The fraction of sp³-hybridized carbons (Fsp3) is 0. The van der Waals surface area contributed by atoms with Gasteiger partial charge in [0.1, 0.15) is 23.0 Å². The summed E-state index contributed by atoms with van der Waals surface area (Å²) in [5.41, 5.74) is 17.7. The monoisotopic (exact) mass is 926 g/mol. The highest BCUT2D eigenvalue weighted by molar-refractivity contribution is 6.98. The van der Waals surface area contributed by atoms with Crippen LogP contribution in [0.1, 0.15) is 0 Å². The molecule has 0 aromatic heterocycles. The Balaban J connectivity index is 0.911. The van der Waals surface area contributed by atoms with Gasteiger partial charge in [0.05, 0.1) is 0 Å². The van der Waals surface area contributed by atoms with Gasteiger partial charge in [-0.1, -0.05) is 237 Å². The second-order valence-electron chi connectivity index (χ2n) is 19.3. The molecule has 13 aromatic carbocycles. The number of fused-ring (bicyclic) bond motifs is 8. The van der Waals surface area contributed by atoms with Crippen molar-refractivity contribution in [2.45, 2.75) is 0 Å². The molecule has 0 N–H and O–H groups in total. The normalized spacial score (nSPS) is 12.3. The molecule has 0 fully saturated rings. The second-order valence-corrected chi connectivity index (χ2v) is 19.3. The van der Waals surface area contributed by atoms with Crippen molar-refractivity contribution in [2.24, 2.45) is 0 Å². The highest BCUT2D eigenvalue weighted by Gasteiger charge is 2.40. The van der Waals surface area contributed by atoms with E-state index in [1.807, 2.05) is 6.07 Å². The van der Waals surface area contributed by atoms with Gasteiger partial charge in [-0.2, -0.15) is 0 Å². The first-order valence-corrected chi connectivity index (χ1v) is 25.2. The van der Waals surface area contributed by atoms with Crippen molar-refractivity contribution in [3.05, 3.63) is 261 Å². The van der Waals surface area contributed by atoms with Crippen LogP contribution >= 0.6 is 0 Å². The lowest BCUT2D eigenvalue weighted by atomic mass is 9.34. The molecular weight excluding hydrogens is 884 g/mol. The van der Waals surface area contributed by atoms with E-state index in [4.69, 9.17) is 9.47 Å². The van der Waals surface area contributed by atoms with Gasteiger partial charge in [-0.25, -0.2) is 0 Å². The minimum Gasteiger partial charge on any atom is -0.458 e. The molecule has 2 aliphatic heterocycles. The Morgan fingerprint density at radius 2 is 0.534 bits per heavy atom. The van der Waals surface area contributed by atoms with Crippen LogP contribution in [-0.4, -0.2) is 6.71 Å². The Morgan fingerprint density at radius 1 is 0.219 bits per heavy atom. The topological polar surface area (TPSA) is 18.5 Å². The SMILES string of the molecule is c1ccc(-c2c3ccccc3c(-c3ccccc3-c3ccc4c(c3)B3c5cc(-c6ccccc6-c6c7ccccc7c(-c7ccccc7)c7ccccc67)ccc5Oc5cccc(c53)O4)c3ccccc23)cc1. The summed E-state index contributed by atoms with van der Waals surface area (Å²) in [6, 6.07) is 94.9. The summed E-state index contributed by atoms with van der Waals surface area (Å²) in [5.74, 6) is 3.36. The standard InChI is InChI=1S/C70H43BO2/c1-3-20-44(21-4-1)66-52-28-11-15-32-56(52)68(57-33-16-12-29-53(57)66)50-26-9-7-24-48(50)46-38-40-62-60(42-46)71-61-43-47(39-41-63(61)73-65-37-19-36-64(72-62)70(65)71)49-25-8-10-27-51(49)69-58-34-17-13-30-54(58)67(45-22-5-2-6-23-45)55-31-14-18-35-59(55)69/h1-43H. The first kappa shape index (κ1) is 41.4. The van der Waals surface area contributed by atoms with Crippen LogP contribution in [0.2, 0.25) is 0 Å². The molecule has 2 heterocycles. The first-order chi connectivity index (χ1) is 36.2. The predicted octanol–water partition coefficient (Wildman–Crippen LogP) is 17.0. The smallest absolute Gasteiger partial charge is 0.260 e. The van der Waals surface area contributed by atoms with Crippen LogP contribution in [0.25, 0.3) is 110 Å². The van der Waals surface area contributed by atoms with Gasteiger partial charge in [0.2, 0.25) is 0 Å². The average molecular weight is 927 g/mol. The van der Waals surface area contributed by atoms with Gasteiger partial charge < -0.3 is 9.47 Å². The van der Waals surface area contributed by atoms with E-state index in [2.05, 4.69) is 255 Å². The predicted molar refractivity (Wildman–Crippen MR) is 307 cm³/mol. The average Bonchev–Trinajstić information content (AvgIpc) is 3.47. The number of hydrogen-bond acceptors (Lipinski definition) is 2. The molecule has 15 rings (SSSR count). The van der Waals surface area contributed by atoms with Gasteiger partial charge in [-0.05, 0) is 145 Å². The van der Waals surface area contributed by atoms with Gasteiger partial charge in [0, 0.05) is 5.46 Å². The lowest BCUT2D eigenvalue weighted by Crippen LogP contribution is -2.57. The maximum absolute atomic E-state index is 6.85. The highest BCUT2D eigenvalue weighted by atomic mass is 16.5. The van der Waals surface area contributed by atoms with Crippen LogP contribution in [-0.2, 0) is 0 Å². The molecule has 0 spiro atoms. The zero-order chi connectivity index (χ0) is 48.0. The van der Waals surface area contributed by atoms with Crippen molar-refractivity contribution in [2.75, 3.05) is 0 Å². The molecule has 13 aromatic rings. The fourth-order valence-corrected chi connectivity index (χ4v) is 12.3. The maximum atomic E-state index is 6.85. The summed E-state index contributed by atoms with van der Waals surface area (Å²) in [5, 5.41) is 9.87. The van der Waals surface area contributed by atoms with E-state index in [1.165, 1.54) is 98.7 Å². The van der Waals surface area contributed by atoms with Crippen LogP contribution in [0.3, 0.4) is 0 Å². The van der Waals surface area contributed by atoms with Crippen LogP contribution in [0.5, 0.6) is 23.0 Å². The molecule has 0 radical (unpaired) electrons. The molecule has 73 heavy (non-hydrogen) atoms. The molecule has 0 amide bonds. The largest absolute Gasteiger partial charge is 0.458 e. The summed E-state index contributed by atoms with van der Waals surface area (Å²) in [6.45, 7) is -0.142. The Hall–Kier alpha value is -9.44. The Morgan fingerprint density at radius 3 is 0.904 bits per heavy atom. The van der Waals surface area contributed by atoms with Gasteiger partial charge >= 0.3 is 0 Å². The molecule has 338 valence electrons. The summed E-state index contributed by atoms with van der Waals surface area (Å²) < 4.78 is 13.7. The van der Waals surface area contributed by atoms with Crippen molar-refractivity contribution in [1.82, 2.24) is 0 Å². The molecule has 2 nitrogen and oxygen atoms in total. The Bertz CT molecular complexity index is 3990. The molecule has 0 saturated heterocycles. The van der Waals surface area contributed by atoms with Crippen molar-refractivity contribution in [3.8, 4) is 89.8 Å². The number of benzene rings is 13. The molecule has 3 heteroatoms. The van der Waals surface area contributed by atoms with E-state index in [0.29, 0.717) is 0 Å². The van der Waals surface area contributed by atoms with Crippen LogP contribution < -0.4 is 25.9 Å². The number of ether oxygens (including phenoxy) is 2. The Labute approximate surface area is 424 Å². The quantitative estimate of drug-likeness (QED) is 0.122. The zero-order valence-electron chi connectivity index (χ0n) is 39.7. The molecule has 0 saturated carbocycles.